The molecule has 0 aliphatic rings. The second kappa shape index (κ2) is 10.9. The van der Waals surface area contributed by atoms with Crippen molar-refractivity contribution in [3.8, 4) is 0 Å². The second-order valence-corrected chi connectivity index (χ2v) is 30.2. The van der Waals surface area contributed by atoms with Crippen LogP contribution < -0.4 is 0 Å². The minimum absolute atomic E-state index is 0.323. The Morgan fingerprint density at radius 2 is 1.07 bits per heavy atom. The third-order valence-electron chi connectivity index (χ3n) is 3.25. The van der Waals surface area contributed by atoms with Gasteiger partial charge < -0.3 is 34.2 Å². The first-order valence-electron chi connectivity index (χ1n) is 9.44. The molecule has 0 amide bonds. The standard InChI is InChI=1S/C14H40O8Si6/c1-13-23(15)14-27(19-24(5,6)7,20-25(8,9)10)21-26(11,12)22-28(16-2,17-3)18-4/h13-14H2,1-12H3. The molecule has 0 aromatic carbocycles. The van der Waals surface area contributed by atoms with Crippen molar-refractivity contribution in [1.82, 2.24) is 0 Å². The van der Waals surface area contributed by atoms with Gasteiger partial charge >= 0.3 is 26.4 Å². The van der Waals surface area contributed by atoms with Gasteiger partial charge in [-0.1, -0.05) is 6.92 Å². The molecule has 0 radical (unpaired) electrons. The topological polar surface area (TPSA) is 81.7 Å². The predicted molar refractivity (Wildman–Crippen MR) is 123 cm³/mol. The molecule has 0 aromatic rings. The largest absolute Gasteiger partial charge is 0.669 e. The van der Waals surface area contributed by atoms with E-state index in [0.29, 0.717) is 11.7 Å². The van der Waals surface area contributed by atoms with Crippen LogP contribution in [0, 0.1) is 0 Å². The van der Waals surface area contributed by atoms with E-state index in [-0.39, 0.29) is 0 Å². The van der Waals surface area contributed by atoms with Gasteiger partial charge in [0.1, 0.15) is 0 Å². The van der Waals surface area contributed by atoms with E-state index < -0.39 is 51.7 Å². The van der Waals surface area contributed by atoms with Crippen molar-refractivity contribution in [3.63, 3.8) is 0 Å². The third kappa shape index (κ3) is 10.7. The molecular weight excluding hydrogens is 465 g/mol. The van der Waals surface area contributed by atoms with Crippen LogP contribution in [0.4, 0.5) is 0 Å². The van der Waals surface area contributed by atoms with Gasteiger partial charge in [-0.15, -0.1) is 0 Å². The molecule has 0 N–H and O–H groups in total. The Labute approximate surface area is 178 Å². The van der Waals surface area contributed by atoms with Gasteiger partial charge in [0.2, 0.25) is 0 Å². The molecule has 14 heteroatoms. The van der Waals surface area contributed by atoms with E-state index in [1.165, 1.54) is 21.3 Å². The zero-order chi connectivity index (χ0) is 22.4. The molecule has 0 saturated carbocycles. The molecule has 28 heavy (non-hydrogen) atoms. The number of hydrogen-bond acceptors (Lipinski definition) is 8. The molecule has 0 atom stereocenters. The van der Waals surface area contributed by atoms with Crippen LogP contribution in [0.2, 0.25) is 64.1 Å². The maximum Gasteiger partial charge on any atom is 0.669 e. The van der Waals surface area contributed by atoms with Crippen molar-refractivity contribution < 1.29 is 34.2 Å². The van der Waals surface area contributed by atoms with E-state index in [1.807, 2.05) is 20.0 Å². The molecule has 0 fully saturated rings. The molecular formula is C14H40O8Si6. The lowest BCUT2D eigenvalue weighted by atomic mass is 11.0. The molecule has 0 aromatic heterocycles. The molecule has 168 valence electrons. The Morgan fingerprint density at radius 3 is 1.36 bits per heavy atom. The van der Waals surface area contributed by atoms with E-state index in [1.54, 1.807) is 0 Å². The summed E-state index contributed by atoms with van der Waals surface area (Å²) in [6, 6.07) is 0.586. The van der Waals surface area contributed by atoms with Crippen molar-refractivity contribution >= 4 is 51.7 Å². The van der Waals surface area contributed by atoms with Crippen molar-refractivity contribution in [2.24, 2.45) is 0 Å². The fourth-order valence-corrected chi connectivity index (χ4v) is 24.8. The zero-order valence-corrected chi connectivity index (χ0v) is 25.7. The minimum Gasteiger partial charge on any atom is -0.417 e. The lowest BCUT2D eigenvalue weighted by Crippen LogP contribution is -2.65. The SMILES string of the molecule is CC[Si](=O)C[Si](O[Si](C)(C)C)(O[Si](C)(C)C)O[Si](C)(C)O[Si](OC)(OC)OC. The van der Waals surface area contributed by atoms with Crippen molar-refractivity contribution in [2.45, 2.75) is 71.0 Å². The summed E-state index contributed by atoms with van der Waals surface area (Å²) in [5, 5.41) is 0. The fraction of sp³-hybridized carbons (Fsp3) is 1.00. The Kier molecular flexibility index (Phi) is 11.2. The fourth-order valence-electron chi connectivity index (χ4n) is 2.54. The first kappa shape index (κ1) is 28.8. The lowest BCUT2D eigenvalue weighted by Gasteiger charge is -2.43. The van der Waals surface area contributed by atoms with E-state index in [4.69, 9.17) is 29.7 Å². The van der Waals surface area contributed by atoms with Gasteiger partial charge in [0.05, 0.1) is 5.67 Å². The molecule has 0 rings (SSSR count). The quantitative estimate of drug-likeness (QED) is 0.331. The van der Waals surface area contributed by atoms with Crippen LogP contribution in [-0.2, 0) is 34.2 Å². The smallest absolute Gasteiger partial charge is 0.417 e. The number of rotatable bonds is 14. The van der Waals surface area contributed by atoms with Crippen LogP contribution in [0.5, 0.6) is 0 Å². The van der Waals surface area contributed by atoms with Gasteiger partial charge in [0.15, 0.2) is 16.6 Å². The third-order valence-corrected chi connectivity index (χ3v) is 22.4. The van der Waals surface area contributed by atoms with Crippen LogP contribution in [-0.4, -0.2) is 73.1 Å². The zero-order valence-electron chi connectivity index (χ0n) is 19.7. The monoisotopic (exact) mass is 504 g/mol. The minimum atomic E-state index is -3.32. The molecule has 0 aliphatic carbocycles. The summed E-state index contributed by atoms with van der Waals surface area (Å²) in [4.78, 5) is 0. The summed E-state index contributed by atoms with van der Waals surface area (Å²) in [7, 11) is -11.0. The highest BCUT2D eigenvalue weighted by Gasteiger charge is 2.56. The molecule has 0 aliphatic heterocycles. The lowest BCUT2D eigenvalue weighted by molar-refractivity contribution is 0.0389. The van der Waals surface area contributed by atoms with Gasteiger partial charge in [-0.25, -0.2) is 0 Å². The number of hydrogen-bond donors (Lipinski definition) is 0. The van der Waals surface area contributed by atoms with Gasteiger partial charge in [-0.05, 0) is 58.4 Å². The van der Waals surface area contributed by atoms with Gasteiger partial charge in [0, 0.05) is 21.3 Å². The first-order valence-corrected chi connectivity index (χ1v) is 24.5. The van der Waals surface area contributed by atoms with Gasteiger partial charge in [-0.3, -0.25) is 0 Å². The maximum absolute atomic E-state index is 12.7. The summed E-state index contributed by atoms with van der Waals surface area (Å²) in [6.07, 6.45) is 0. The summed E-state index contributed by atoms with van der Waals surface area (Å²) in [5.74, 6) is 0. The van der Waals surface area contributed by atoms with Crippen LogP contribution in [0.1, 0.15) is 6.92 Å². The molecule has 0 saturated heterocycles. The highest BCUT2D eigenvalue weighted by molar-refractivity contribution is 6.93. The van der Waals surface area contributed by atoms with E-state index in [0.717, 1.165) is 0 Å². The van der Waals surface area contributed by atoms with E-state index >= 15 is 0 Å². The Morgan fingerprint density at radius 1 is 0.679 bits per heavy atom. The summed E-state index contributed by atoms with van der Waals surface area (Å²) in [5.41, 5.74) is 0.323. The van der Waals surface area contributed by atoms with Crippen molar-refractivity contribution in [1.29, 1.82) is 0 Å². The Balaban J connectivity index is 6.07. The Bertz CT molecular complexity index is 477. The average molecular weight is 505 g/mol. The van der Waals surface area contributed by atoms with Crippen LogP contribution >= 0.6 is 0 Å². The summed E-state index contributed by atoms with van der Waals surface area (Å²) >= 11 is 0. The summed E-state index contributed by atoms with van der Waals surface area (Å²) in [6.45, 7) is 18.2. The highest BCUT2D eigenvalue weighted by Crippen LogP contribution is 2.31. The summed E-state index contributed by atoms with van der Waals surface area (Å²) < 4.78 is 54.8. The molecule has 0 heterocycles. The second-order valence-electron chi connectivity index (χ2n) is 8.90. The van der Waals surface area contributed by atoms with Crippen LogP contribution in [0.15, 0.2) is 0 Å². The maximum atomic E-state index is 12.7. The van der Waals surface area contributed by atoms with Crippen LogP contribution in [0.25, 0.3) is 0 Å². The molecule has 8 nitrogen and oxygen atoms in total. The molecule has 0 unspecified atom stereocenters. The Hall–Kier alpha value is 0.821. The van der Waals surface area contributed by atoms with Gasteiger partial charge in [0.25, 0.3) is 8.68 Å². The van der Waals surface area contributed by atoms with Crippen molar-refractivity contribution in [2.75, 3.05) is 21.3 Å². The average Bonchev–Trinajstić information content (AvgIpc) is 2.48. The van der Waals surface area contributed by atoms with Crippen molar-refractivity contribution in [3.05, 3.63) is 0 Å². The first-order chi connectivity index (χ1) is 12.5. The normalized spacial score (nSPS) is 14.4. The van der Waals surface area contributed by atoms with E-state index in [2.05, 4.69) is 39.3 Å². The predicted octanol–water partition coefficient (Wildman–Crippen LogP) is 3.72. The van der Waals surface area contributed by atoms with Crippen LogP contribution in [0.3, 0.4) is 0 Å². The highest BCUT2D eigenvalue weighted by atomic mass is 28.5. The molecule has 0 bridgehead atoms. The molecule has 0 spiro atoms. The van der Waals surface area contributed by atoms with E-state index in [9.17, 15) is 4.46 Å². The van der Waals surface area contributed by atoms with Gasteiger partial charge in [-0.2, -0.15) is 0 Å².